The Morgan fingerprint density at radius 1 is 0.219 bits per heavy atom. The molecular formula is C69H39NO3. The van der Waals surface area contributed by atoms with E-state index < -0.39 is 0 Å². The van der Waals surface area contributed by atoms with Crippen LogP contribution in [0.15, 0.2) is 237 Å². The van der Waals surface area contributed by atoms with Crippen LogP contribution in [0.2, 0.25) is 0 Å². The Kier molecular flexibility index (Phi) is 8.78. The van der Waals surface area contributed by atoms with Crippen LogP contribution in [-0.2, 0) is 0 Å². The fourth-order valence-corrected chi connectivity index (χ4v) is 12.1. The fourth-order valence-electron chi connectivity index (χ4n) is 12.1. The van der Waals surface area contributed by atoms with Crippen molar-refractivity contribution in [1.82, 2.24) is 4.57 Å². The highest BCUT2D eigenvalue weighted by molar-refractivity contribution is 6.26. The predicted molar refractivity (Wildman–Crippen MR) is 295 cm³/mol. The van der Waals surface area contributed by atoms with Crippen molar-refractivity contribution in [2.45, 2.75) is 0 Å². The molecule has 0 unspecified atom stereocenters. The van der Waals surface area contributed by atoms with Crippen molar-refractivity contribution < 1.29 is 14.4 Å². The lowest BCUT2D eigenvalue weighted by Gasteiger charge is -2.12. The number of benzene rings is 11. The van der Waals surface area contributed by atoms with Gasteiger partial charge in [-0.25, -0.2) is 0 Å². The van der Waals surface area contributed by atoms with Gasteiger partial charge in [-0.1, -0.05) is 200 Å². The molecule has 0 fully saturated rings. The van der Waals surface area contributed by atoms with Gasteiger partial charge >= 0.3 is 0 Å². The Hall–Kier alpha value is -9.77. The number of hydrogen-bond donors (Lipinski definition) is 0. The van der Waals surface area contributed by atoms with Crippen LogP contribution in [0.3, 0.4) is 0 Å². The minimum Gasteiger partial charge on any atom is -0.309 e. The zero-order valence-corrected chi connectivity index (χ0v) is 39.2. The van der Waals surface area contributed by atoms with E-state index in [9.17, 15) is 14.4 Å². The number of aromatic nitrogens is 1. The topological polar surface area (TPSA) is 56.1 Å². The molecule has 3 aliphatic rings. The van der Waals surface area contributed by atoms with Crippen molar-refractivity contribution in [3.63, 3.8) is 0 Å². The second-order valence-electron chi connectivity index (χ2n) is 19.3. The Morgan fingerprint density at radius 2 is 0.493 bits per heavy atom. The highest BCUT2D eigenvalue weighted by Gasteiger charge is 2.32. The largest absolute Gasteiger partial charge is 0.309 e. The predicted octanol–water partition coefficient (Wildman–Crippen LogP) is 16.8. The summed E-state index contributed by atoms with van der Waals surface area (Å²) < 4.78 is 2.33. The van der Waals surface area contributed by atoms with Crippen molar-refractivity contribution in [3.05, 3.63) is 270 Å². The van der Waals surface area contributed by atoms with Gasteiger partial charge in [0.1, 0.15) is 0 Å². The summed E-state index contributed by atoms with van der Waals surface area (Å²) in [5.41, 5.74) is 23.8. The first-order valence-electron chi connectivity index (χ1n) is 24.7. The van der Waals surface area contributed by atoms with Gasteiger partial charge in [-0.3, -0.25) is 14.4 Å². The molecule has 3 aliphatic carbocycles. The molecule has 0 atom stereocenters. The first kappa shape index (κ1) is 41.1. The number of fused-ring (bicyclic) bond motifs is 12. The van der Waals surface area contributed by atoms with E-state index in [2.05, 4.69) is 132 Å². The average molecular weight is 930 g/mol. The molecule has 4 nitrogen and oxygen atoms in total. The maximum atomic E-state index is 13.8. The third-order valence-electron chi connectivity index (χ3n) is 15.5. The molecule has 0 aliphatic heterocycles. The number of hydrogen-bond acceptors (Lipinski definition) is 3. The summed E-state index contributed by atoms with van der Waals surface area (Å²) in [5, 5.41) is 2.23. The Morgan fingerprint density at radius 3 is 0.849 bits per heavy atom. The average Bonchev–Trinajstić information content (AvgIpc) is 4.15. The molecule has 0 bridgehead atoms. The SMILES string of the molecule is O=C1c2ccccc2-c2cccc(-c3ccc(-c4ccc5c(c4)c4cc(-c6ccc(-c7cccc8c7C(=O)c7ccccc7-8)cc6)ccc4n5-c4ccc(-c5cccc6c5C(=O)c5ccccc5-6)cc4)cc3)c21. The molecule has 0 saturated heterocycles. The summed E-state index contributed by atoms with van der Waals surface area (Å²) in [4.78, 5) is 41.3. The summed E-state index contributed by atoms with van der Waals surface area (Å²) in [5.74, 6) is 0.214. The van der Waals surface area contributed by atoms with Crippen molar-refractivity contribution in [2.75, 3.05) is 0 Å². The molecule has 1 heterocycles. The maximum absolute atomic E-state index is 13.8. The zero-order valence-electron chi connectivity index (χ0n) is 39.2. The Balaban J connectivity index is 0.828. The summed E-state index contributed by atoms with van der Waals surface area (Å²) >= 11 is 0. The zero-order chi connectivity index (χ0) is 48.5. The molecule has 15 rings (SSSR count). The van der Waals surface area contributed by atoms with Crippen molar-refractivity contribution in [3.8, 4) is 94.7 Å². The van der Waals surface area contributed by atoms with E-state index in [1.165, 1.54) is 0 Å². The van der Waals surface area contributed by atoms with Crippen molar-refractivity contribution >= 4 is 39.2 Å². The van der Waals surface area contributed by atoms with E-state index in [0.717, 1.165) is 150 Å². The lowest BCUT2D eigenvalue weighted by molar-refractivity contribution is 0.103. The second kappa shape index (κ2) is 15.6. The minimum absolute atomic E-state index is 0.0675. The van der Waals surface area contributed by atoms with Gasteiger partial charge in [-0.05, 0) is 125 Å². The third-order valence-corrected chi connectivity index (χ3v) is 15.5. The molecule has 0 amide bonds. The normalized spacial score (nSPS) is 12.7. The number of ketones is 3. The monoisotopic (exact) mass is 929 g/mol. The summed E-state index contributed by atoms with van der Waals surface area (Å²) in [6, 6.07) is 81.2. The lowest BCUT2D eigenvalue weighted by Crippen LogP contribution is -1.98. The van der Waals surface area contributed by atoms with Gasteiger partial charge in [-0.15, -0.1) is 0 Å². The summed E-state index contributed by atoms with van der Waals surface area (Å²) in [7, 11) is 0. The fraction of sp³-hybridized carbons (Fsp3) is 0. The van der Waals surface area contributed by atoms with Crippen LogP contribution >= 0.6 is 0 Å². The van der Waals surface area contributed by atoms with Gasteiger partial charge in [0.2, 0.25) is 0 Å². The Labute approximate surface area is 420 Å². The van der Waals surface area contributed by atoms with E-state index >= 15 is 0 Å². The molecule has 0 N–H and O–H groups in total. The third kappa shape index (κ3) is 6.05. The van der Waals surface area contributed by atoms with Crippen LogP contribution in [0.25, 0.3) is 117 Å². The Bertz CT molecular complexity index is 4190. The number of rotatable bonds is 6. The van der Waals surface area contributed by atoms with Gasteiger partial charge in [0, 0.05) is 49.8 Å². The van der Waals surface area contributed by atoms with Crippen molar-refractivity contribution in [1.29, 1.82) is 0 Å². The van der Waals surface area contributed by atoms with Gasteiger partial charge in [0.15, 0.2) is 17.3 Å². The molecule has 4 heteroatoms. The first-order valence-corrected chi connectivity index (χ1v) is 24.7. The van der Waals surface area contributed by atoms with Gasteiger partial charge < -0.3 is 4.57 Å². The number of carbonyl (C=O) groups is 3. The van der Waals surface area contributed by atoms with Crippen LogP contribution in [0.1, 0.15) is 47.8 Å². The van der Waals surface area contributed by atoms with Gasteiger partial charge in [0.05, 0.1) is 11.0 Å². The smallest absolute Gasteiger partial charge is 0.194 e. The molecule has 0 spiro atoms. The lowest BCUT2D eigenvalue weighted by atomic mass is 9.93. The van der Waals surface area contributed by atoms with Crippen LogP contribution in [0.4, 0.5) is 0 Å². The molecule has 1 aromatic heterocycles. The molecule has 0 radical (unpaired) electrons. The molecule has 11 aromatic carbocycles. The number of carbonyl (C=O) groups excluding carboxylic acids is 3. The van der Waals surface area contributed by atoms with E-state index in [1.54, 1.807) is 0 Å². The highest BCUT2D eigenvalue weighted by atomic mass is 16.1. The quantitative estimate of drug-likeness (QED) is 0.167. The second-order valence-corrected chi connectivity index (χ2v) is 19.3. The van der Waals surface area contributed by atoms with E-state index in [1.807, 2.05) is 109 Å². The maximum Gasteiger partial charge on any atom is 0.194 e. The molecule has 338 valence electrons. The molecular weight excluding hydrogens is 891 g/mol. The van der Waals surface area contributed by atoms with Gasteiger partial charge in [0.25, 0.3) is 0 Å². The van der Waals surface area contributed by atoms with Crippen molar-refractivity contribution in [2.24, 2.45) is 0 Å². The minimum atomic E-state index is 0.0675. The molecule has 12 aromatic rings. The molecule has 0 saturated carbocycles. The summed E-state index contributed by atoms with van der Waals surface area (Å²) in [6.45, 7) is 0. The van der Waals surface area contributed by atoms with Crippen LogP contribution in [-0.4, -0.2) is 21.9 Å². The van der Waals surface area contributed by atoms with E-state index in [0.29, 0.717) is 0 Å². The highest BCUT2D eigenvalue weighted by Crippen LogP contribution is 2.46. The number of nitrogens with zero attached hydrogens (tertiary/aromatic N) is 1. The molecule has 73 heavy (non-hydrogen) atoms. The standard InChI is InChI=1S/C69H39NO3/c71-67-57-13-4-1-10-51(57)54-19-7-16-48(64(54)67)42-26-22-40(23-27-42)45-32-36-62-60(38-45)61-39-46(41-24-28-43(29-25-41)49-17-8-20-55-52-11-2-5-14-58(52)68(72)65(49)55)33-37-63(61)70(62)47-34-30-44(31-35-47)50-18-9-21-56-53-12-3-6-15-59(53)69(73)66(50)56/h1-39H. The van der Waals surface area contributed by atoms with Gasteiger partial charge in [-0.2, -0.15) is 0 Å². The summed E-state index contributed by atoms with van der Waals surface area (Å²) in [6.07, 6.45) is 0. The van der Waals surface area contributed by atoms with Crippen LogP contribution in [0.5, 0.6) is 0 Å². The van der Waals surface area contributed by atoms with E-state index in [-0.39, 0.29) is 17.3 Å². The van der Waals surface area contributed by atoms with Crippen LogP contribution in [0, 0.1) is 0 Å². The van der Waals surface area contributed by atoms with Crippen LogP contribution < -0.4 is 0 Å². The van der Waals surface area contributed by atoms with E-state index in [4.69, 9.17) is 0 Å². The first-order chi connectivity index (χ1) is 36.0.